The van der Waals surface area contributed by atoms with Crippen LogP contribution in [0.25, 0.3) is 0 Å². The van der Waals surface area contributed by atoms with Crippen molar-refractivity contribution in [1.29, 1.82) is 0 Å². The normalized spacial score (nSPS) is 11.2. The summed E-state index contributed by atoms with van der Waals surface area (Å²) in [5.74, 6) is 0.122. The number of aromatic hydroxyl groups is 1. The maximum atomic E-state index is 11.9. The van der Waals surface area contributed by atoms with Crippen LogP contribution in [0.15, 0.2) is 36.9 Å². The van der Waals surface area contributed by atoms with Crippen molar-refractivity contribution in [2.75, 3.05) is 0 Å². The molecule has 0 unspecified atom stereocenters. The van der Waals surface area contributed by atoms with Crippen LogP contribution in [0.4, 0.5) is 0 Å². The molecular weight excluding hydrogens is 400 g/mol. The first-order valence-electron chi connectivity index (χ1n) is 6.25. The number of phenolic OH excluding ortho intramolecular Hbond substituents is 1. The van der Waals surface area contributed by atoms with Crippen molar-refractivity contribution in [2.45, 2.75) is 20.4 Å². The average Bonchev–Trinajstić information content (AvgIpc) is 2.37. The van der Waals surface area contributed by atoms with Crippen molar-refractivity contribution in [3.05, 3.63) is 59.9 Å². The predicted molar refractivity (Wildman–Crippen MR) is 91.3 cm³/mol. The van der Waals surface area contributed by atoms with Gasteiger partial charge in [-0.2, -0.15) is 0 Å². The number of nitrogens with zero attached hydrogens (tertiary/aromatic N) is 1. The van der Waals surface area contributed by atoms with Gasteiger partial charge in [0.2, 0.25) is 0 Å². The SMILES string of the molecule is Cc1cc(C)c(CN=Cc2cc(Br)cc(Br)c2O)c(=O)[nH]1. The second-order valence-corrected chi connectivity index (χ2v) is 6.51. The van der Waals surface area contributed by atoms with Crippen LogP contribution in [0.5, 0.6) is 5.75 Å². The van der Waals surface area contributed by atoms with Crippen molar-refractivity contribution in [3.8, 4) is 5.75 Å². The van der Waals surface area contributed by atoms with Crippen LogP contribution in [-0.4, -0.2) is 16.3 Å². The van der Waals surface area contributed by atoms with Gasteiger partial charge in [-0.25, -0.2) is 0 Å². The number of rotatable bonds is 3. The Kier molecular flexibility index (Phi) is 5.00. The lowest BCUT2D eigenvalue weighted by Gasteiger charge is -2.04. The second kappa shape index (κ2) is 6.58. The molecule has 21 heavy (non-hydrogen) atoms. The summed E-state index contributed by atoms with van der Waals surface area (Å²) in [4.78, 5) is 18.9. The molecule has 0 aliphatic rings. The van der Waals surface area contributed by atoms with E-state index in [0.717, 1.165) is 15.7 Å². The van der Waals surface area contributed by atoms with Crippen molar-refractivity contribution < 1.29 is 5.11 Å². The molecular formula is C15H14Br2N2O2. The van der Waals surface area contributed by atoms with E-state index < -0.39 is 0 Å². The van der Waals surface area contributed by atoms with E-state index in [1.807, 2.05) is 19.9 Å². The Morgan fingerprint density at radius 3 is 2.67 bits per heavy atom. The summed E-state index contributed by atoms with van der Waals surface area (Å²) in [6.45, 7) is 4.00. The number of aromatic nitrogens is 1. The minimum Gasteiger partial charge on any atom is -0.506 e. The monoisotopic (exact) mass is 412 g/mol. The van der Waals surface area contributed by atoms with E-state index >= 15 is 0 Å². The van der Waals surface area contributed by atoms with Gasteiger partial charge in [-0.1, -0.05) is 15.9 Å². The van der Waals surface area contributed by atoms with Gasteiger partial charge in [0.1, 0.15) is 5.75 Å². The first-order valence-corrected chi connectivity index (χ1v) is 7.84. The van der Waals surface area contributed by atoms with E-state index in [2.05, 4.69) is 41.8 Å². The van der Waals surface area contributed by atoms with Gasteiger partial charge < -0.3 is 10.1 Å². The third kappa shape index (κ3) is 3.83. The van der Waals surface area contributed by atoms with Gasteiger partial charge >= 0.3 is 0 Å². The van der Waals surface area contributed by atoms with Crippen LogP contribution in [-0.2, 0) is 6.54 Å². The molecule has 1 aromatic carbocycles. The zero-order valence-corrected chi connectivity index (χ0v) is 14.7. The van der Waals surface area contributed by atoms with Gasteiger partial charge in [0.05, 0.1) is 11.0 Å². The van der Waals surface area contributed by atoms with E-state index in [1.54, 1.807) is 18.3 Å². The molecule has 2 aromatic rings. The molecule has 110 valence electrons. The lowest BCUT2D eigenvalue weighted by Crippen LogP contribution is -2.15. The summed E-state index contributed by atoms with van der Waals surface area (Å²) in [6, 6.07) is 5.43. The summed E-state index contributed by atoms with van der Waals surface area (Å²) in [5, 5.41) is 9.94. The molecule has 0 bridgehead atoms. The van der Waals surface area contributed by atoms with E-state index in [4.69, 9.17) is 0 Å². The fourth-order valence-corrected chi connectivity index (χ4v) is 3.26. The van der Waals surface area contributed by atoms with Gasteiger partial charge in [0.25, 0.3) is 5.56 Å². The highest BCUT2D eigenvalue weighted by Gasteiger charge is 2.06. The summed E-state index contributed by atoms with van der Waals surface area (Å²) >= 11 is 6.63. The number of halogens is 2. The van der Waals surface area contributed by atoms with Crippen LogP contribution >= 0.6 is 31.9 Å². The van der Waals surface area contributed by atoms with Gasteiger partial charge in [-0.15, -0.1) is 0 Å². The zero-order chi connectivity index (χ0) is 15.6. The molecule has 0 aliphatic heterocycles. The quantitative estimate of drug-likeness (QED) is 0.750. The van der Waals surface area contributed by atoms with Crippen LogP contribution in [0.1, 0.15) is 22.4 Å². The highest BCUT2D eigenvalue weighted by atomic mass is 79.9. The molecule has 1 heterocycles. The maximum Gasteiger partial charge on any atom is 0.253 e. The number of aliphatic imine (C=N–C) groups is 1. The summed E-state index contributed by atoms with van der Waals surface area (Å²) < 4.78 is 1.42. The van der Waals surface area contributed by atoms with E-state index in [1.165, 1.54) is 0 Å². The number of hydrogen-bond acceptors (Lipinski definition) is 3. The lowest BCUT2D eigenvalue weighted by atomic mass is 10.1. The minimum atomic E-state index is -0.121. The average molecular weight is 414 g/mol. The molecule has 1 aromatic heterocycles. The highest BCUT2D eigenvalue weighted by Crippen LogP contribution is 2.30. The number of aryl methyl sites for hydroxylation is 2. The molecule has 2 rings (SSSR count). The largest absolute Gasteiger partial charge is 0.506 e. The number of hydrogen-bond donors (Lipinski definition) is 2. The molecule has 0 aliphatic carbocycles. The number of phenols is 1. The van der Waals surface area contributed by atoms with Gasteiger partial charge in [0, 0.05) is 27.5 Å². The first kappa shape index (κ1) is 16.0. The fourth-order valence-electron chi connectivity index (χ4n) is 2.00. The zero-order valence-electron chi connectivity index (χ0n) is 11.6. The van der Waals surface area contributed by atoms with E-state index in [-0.39, 0.29) is 17.9 Å². The Morgan fingerprint density at radius 2 is 2.00 bits per heavy atom. The number of benzene rings is 1. The van der Waals surface area contributed by atoms with E-state index in [9.17, 15) is 9.90 Å². The molecule has 0 fully saturated rings. The van der Waals surface area contributed by atoms with Crippen LogP contribution < -0.4 is 5.56 Å². The van der Waals surface area contributed by atoms with Crippen molar-refractivity contribution >= 4 is 38.1 Å². The Labute approximate surface area is 139 Å². The van der Waals surface area contributed by atoms with Crippen LogP contribution in [0, 0.1) is 13.8 Å². The minimum absolute atomic E-state index is 0.121. The number of pyridine rings is 1. The van der Waals surface area contributed by atoms with Crippen molar-refractivity contribution in [3.63, 3.8) is 0 Å². The molecule has 0 amide bonds. The predicted octanol–water partition coefficient (Wildman–Crippen LogP) is 3.84. The maximum absolute atomic E-state index is 11.9. The van der Waals surface area contributed by atoms with Gasteiger partial charge in [0.15, 0.2) is 0 Å². The molecule has 0 atom stereocenters. The van der Waals surface area contributed by atoms with Gasteiger partial charge in [-0.05, 0) is 53.5 Å². The van der Waals surface area contributed by atoms with E-state index in [0.29, 0.717) is 15.6 Å². The van der Waals surface area contributed by atoms with Crippen molar-refractivity contribution in [2.24, 2.45) is 4.99 Å². The molecule has 0 radical (unpaired) electrons. The Hall–Kier alpha value is -1.40. The number of nitrogens with one attached hydrogen (secondary N) is 1. The lowest BCUT2D eigenvalue weighted by molar-refractivity contribution is 0.471. The number of H-pyrrole nitrogens is 1. The molecule has 6 heteroatoms. The van der Waals surface area contributed by atoms with Crippen molar-refractivity contribution in [1.82, 2.24) is 4.98 Å². The Morgan fingerprint density at radius 1 is 1.29 bits per heavy atom. The third-order valence-corrected chi connectivity index (χ3v) is 4.09. The summed E-state index contributed by atoms with van der Waals surface area (Å²) in [5.41, 5.74) is 2.83. The number of aromatic amines is 1. The second-order valence-electron chi connectivity index (χ2n) is 4.74. The summed E-state index contributed by atoms with van der Waals surface area (Å²) in [6.07, 6.45) is 1.56. The fraction of sp³-hybridized carbons (Fsp3) is 0.200. The van der Waals surface area contributed by atoms with Crippen LogP contribution in [0.3, 0.4) is 0 Å². The molecule has 0 saturated heterocycles. The van der Waals surface area contributed by atoms with Crippen LogP contribution in [0.2, 0.25) is 0 Å². The Bertz CT molecular complexity index is 767. The smallest absolute Gasteiger partial charge is 0.253 e. The molecule has 4 nitrogen and oxygen atoms in total. The standard InChI is InChI=1S/C15H14Br2N2O2/c1-8-3-9(2)19-15(21)12(8)7-18-6-10-4-11(16)5-13(17)14(10)20/h3-6,20H,7H2,1-2H3,(H,19,21). The first-order chi connectivity index (χ1) is 9.88. The summed E-state index contributed by atoms with van der Waals surface area (Å²) in [7, 11) is 0. The highest BCUT2D eigenvalue weighted by molar-refractivity contribution is 9.11. The molecule has 0 saturated carbocycles. The van der Waals surface area contributed by atoms with Gasteiger partial charge in [-0.3, -0.25) is 9.79 Å². The Balaban J connectivity index is 2.27. The molecule has 2 N–H and O–H groups in total. The molecule has 0 spiro atoms. The topological polar surface area (TPSA) is 65.5 Å². The third-order valence-electron chi connectivity index (χ3n) is 3.03.